The monoisotopic (exact) mass is 452 g/mol. The van der Waals surface area contributed by atoms with Crippen molar-refractivity contribution in [2.75, 3.05) is 14.2 Å². The first kappa shape index (κ1) is 24.7. The van der Waals surface area contributed by atoms with E-state index in [9.17, 15) is 18.0 Å². The summed E-state index contributed by atoms with van der Waals surface area (Å²) in [7, 11) is 2.55. The third-order valence-electron chi connectivity index (χ3n) is 4.46. The van der Waals surface area contributed by atoms with E-state index in [-0.39, 0.29) is 18.1 Å². The van der Waals surface area contributed by atoms with Gasteiger partial charge >= 0.3 is 12.3 Å². The van der Waals surface area contributed by atoms with Crippen LogP contribution in [0.5, 0.6) is 5.75 Å². The lowest BCUT2D eigenvalue weighted by atomic mass is 9.99. The van der Waals surface area contributed by atoms with Crippen molar-refractivity contribution in [3.8, 4) is 5.75 Å². The van der Waals surface area contributed by atoms with Gasteiger partial charge in [-0.2, -0.15) is 0 Å². The first-order valence-electron chi connectivity index (χ1n) is 9.39. The maximum Gasteiger partial charge on any atom is 0.573 e. The van der Waals surface area contributed by atoms with Crippen LogP contribution in [0.1, 0.15) is 34.7 Å². The van der Waals surface area contributed by atoms with Crippen LogP contribution in [0, 0.1) is 13.8 Å². The lowest BCUT2D eigenvalue weighted by Gasteiger charge is -2.13. The molecule has 0 unspecified atom stereocenters. The number of carbonyl (C=O) groups excluding carboxylic acids is 1. The van der Waals surface area contributed by atoms with Crippen LogP contribution >= 0.6 is 0 Å². The van der Waals surface area contributed by atoms with Gasteiger partial charge in [-0.25, -0.2) is 4.79 Å². The number of aryl methyl sites for hydroxylation is 2. The SMILES string of the molecule is CO/N=C(/C(=O)OC)c1cccc(C)c1CO/N=C(\C)c1ccc(OC(F)(F)F)cc1C. The fourth-order valence-corrected chi connectivity index (χ4v) is 2.98. The van der Waals surface area contributed by atoms with Crippen molar-refractivity contribution in [2.45, 2.75) is 33.7 Å². The van der Waals surface area contributed by atoms with E-state index in [0.717, 1.165) is 5.56 Å². The summed E-state index contributed by atoms with van der Waals surface area (Å²) in [4.78, 5) is 22.4. The molecule has 0 aliphatic rings. The Kier molecular flexibility index (Phi) is 8.22. The highest BCUT2D eigenvalue weighted by atomic mass is 19.4. The Hall–Kier alpha value is -3.56. The Morgan fingerprint density at radius 3 is 2.31 bits per heavy atom. The molecule has 0 bridgehead atoms. The molecular weight excluding hydrogens is 429 g/mol. The Labute approximate surface area is 183 Å². The second-order valence-corrected chi connectivity index (χ2v) is 6.69. The van der Waals surface area contributed by atoms with Gasteiger partial charge in [-0.3, -0.25) is 0 Å². The van der Waals surface area contributed by atoms with Crippen molar-refractivity contribution in [1.29, 1.82) is 0 Å². The number of hydrogen-bond acceptors (Lipinski definition) is 7. The molecule has 0 heterocycles. The Bertz CT molecular complexity index is 1030. The molecule has 2 aromatic carbocycles. The predicted octanol–water partition coefficient (Wildman–Crippen LogP) is 4.67. The van der Waals surface area contributed by atoms with Crippen molar-refractivity contribution >= 4 is 17.4 Å². The van der Waals surface area contributed by atoms with Crippen molar-refractivity contribution in [2.24, 2.45) is 10.3 Å². The standard InChI is InChI=1S/C22H23F3N2O5/c1-13-7-6-8-18(20(27-30-5)21(28)29-4)19(13)12-31-26-15(3)17-10-9-16(11-14(17)2)32-22(23,24)25/h6-11H,12H2,1-5H3/b26-15+,27-20+. The normalized spacial score (nSPS) is 12.4. The molecule has 0 fully saturated rings. The van der Waals surface area contributed by atoms with Gasteiger partial charge in [0.2, 0.25) is 0 Å². The molecule has 0 saturated heterocycles. The van der Waals surface area contributed by atoms with E-state index < -0.39 is 12.3 Å². The average Bonchev–Trinajstić information content (AvgIpc) is 2.71. The van der Waals surface area contributed by atoms with Gasteiger partial charge in [0.25, 0.3) is 0 Å². The van der Waals surface area contributed by atoms with E-state index in [4.69, 9.17) is 14.4 Å². The number of carbonyl (C=O) groups is 1. The molecular formula is C22H23F3N2O5. The maximum atomic E-state index is 12.4. The number of nitrogens with zero attached hydrogens (tertiary/aromatic N) is 2. The molecule has 0 N–H and O–H groups in total. The number of ether oxygens (including phenoxy) is 2. The summed E-state index contributed by atoms with van der Waals surface area (Å²) in [5, 5.41) is 7.84. The molecule has 0 radical (unpaired) electrons. The largest absolute Gasteiger partial charge is 0.573 e. The third kappa shape index (κ3) is 6.47. The Morgan fingerprint density at radius 2 is 1.72 bits per heavy atom. The van der Waals surface area contributed by atoms with Gasteiger partial charge in [-0.05, 0) is 50.1 Å². The van der Waals surface area contributed by atoms with Gasteiger partial charge in [-0.1, -0.05) is 28.5 Å². The summed E-state index contributed by atoms with van der Waals surface area (Å²) in [6.45, 7) is 5.15. The van der Waals surface area contributed by atoms with Crippen LogP contribution in [0.15, 0.2) is 46.7 Å². The van der Waals surface area contributed by atoms with Gasteiger partial charge < -0.3 is 19.1 Å². The summed E-state index contributed by atoms with van der Waals surface area (Å²) in [5.41, 5.74) is 3.51. The highest BCUT2D eigenvalue weighted by molar-refractivity contribution is 6.43. The first-order chi connectivity index (χ1) is 15.1. The van der Waals surface area contributed by atoms with Crippen LogP contribution in [0.3, 0.4) is 0 Å². The Balaban J connectivity index is 2.24. The van der Waals surface area contributed by atoms with E-state index in [1.807, 2.05) is 13.0 Å². The summed E-state index contributed by atoms with van der Waals surface area (Å²) in [5.74, 6) is -0.986. The van der Waals surface area contributed by atoms with Crippen LogP contribution in [0.25, 0.3) is 0 Å². The second kappa shape index (κ2) is 10.7. The van der Waals surface area contributed by atoms with Crippen molar-refractivity contribution in [1.82, 2.24) is 0 Å². The smallest absolute Gasteiger partial charge is 0.464 e. The van der Waals surface area contributed by atoms with Crippen molar-refractivity contribution < 1.29 is 37.1 Å². The molecule has 0 spiro atoms. The number of methoxy groups -OCH3 is 1. The van der Waals surface area contributed by atoms with E-state index >= 15 is 0 Å². The molecule has 0 aromatic heterocycles. The second-order valence-electron chi connectivity index (χ2n) is 6.69. The molecule has 0 amide bonds. The number of benzene rings is 2. The highest BCUT2D eigenvalue weighted by Gasteiger charge is 2.31. The third-order valence-corrected chi connectivity index (χ3v) is 4.46. The minimum Gasteiger partial charge on any atom is -0.464 e. The number of oxime groups is 2. The zero-order chi connectivity index (χ0) is 23.9. The number of hydrogen-bond donors (Lipinski definition) is 0. The van der Waals surface area contributed by atoms with E-state index in [2.05, 4.69) is 15.0 Å². The van der Waals surface area contributed by atoms with Crippen molar-refractivity contribution in [3.05, 3.63) is 64.2 Å². The van der Waals surface area contributed by atoms with Crippen LogP contribution in [0.4, 0.5) is 13.2 Å². The minimum atomic E-state index is -4.76. The van der Waals surface area contributed by atoms with Gasteiger partial charge in [0.15, 0.2) is 5.71 Å². The number of rotatable bonds is 8. The topological polar surface area (TPSA) is 78.7 Å². The van der Waals surface area contributed by atoms with E-state index in [1.165, 1.54) is 32.4 Å². The maximum absolute atomic E-state index is 12.4. The first-order valence-corrected chi connectivity index (χ1v) is 9.39. The molecule has 10 heteroatoms. The number of alkyl halides is 3. The predicted molar refractivity (Wildman–Crippen MR) is 112 cm³/mol. The molecule has 2 aromatic rings. The number of esters is 1. The summed E-state index contributed by atoms with van der Waals surface area (Å²) >= 11 is 0. The van der Waals surface area contributed by atoms with E-state index in [1.54, 1.807) is 26.0 Å². The van der Waals surface area contributed by atoms with Gasteiger partial charge in [0.05, 0.1) is 12.8 Å². The lowest BCUT2D eigenvalue weighted by molar-refractivity contribution is -0.274. The molecule has 172 valence electrons. The average molecular weight is 452 g/mol. The van der Waals surface area contributed by atoms with Crippen LogP contribution in [0.2, 0.25) is 0 Å². The summed E-state index contributed by atoms with van der Waals surface area (Å²) in [6, 6.07) is 9.22. The van der Waals surface area contributed by atoms with Crippen molar-refractivity contribution in [3.63, 3.8) is 0 Å². The highest BCUT2D eigenvalue weighted by Crippen LogP contribution is 2.25. The molecule has 0 aliphatic carbocycles. The van der Waals surface area contributed by atoms with Gasteiger partial charge in [0.1, 0.15) is 19.5 Å². The summed E-state index contributed by atoms with van der Waals surface area (Å²) < 4.78 is 45.9. The molecule has 2 rings (SSSR count). The van der Waals surface area contributed by atoms with Gasteiger partial charge in [0, 0.05) is 16.7 Å². The van der Waals surface area contributed by atoms with Gasteiger partial charge in [-0.15, -0.1) is 13.2 Å². The molecule has 0 saturated carbocycles. The zero-order valence-electron chi connectivity index (χ0n) is 18.2. The van der Waals surface area contributed by atoms with E-state index in [0.29, 0.717) is 28.0 Å². The molecule has 7 nitrogen and oxygen atoms in total. The number of halogens is 3. The molecule has 0 atom stereocenters. The lowest BCUT2D eigenvalue weighted by Crippen LogP contribution is -2.20. The molecule has 32 heavy (non-hydrogen) atoms. The Morgan fingerprint density at radius 1 is 1.00 bits per heavy atom. The quantitative estimate of drug-likeness (QED) is 0.331. The molecule has 0 aliphatic heterocycles. The minimum absolute atomic E-state index is 0.00733. The van der Waals surface area contributed by atoms with Crippen LogP contribution in [-0.4, -0.2) is 38.0 Å². The summed E-state index contributed by atoms with van der Waals surface area (Å²) in [6.07, 6.45) is -4.76. The fraction of sp³-hybridized carbons (Fsp3) is 0.318. The fourth-order valence-electron chi connectivity index (χ4n) is 2.98. The zero-order valence-corrected chi connectivity index (χ0v) is 18.2. The van der Waals surface area contributed by atoms with Crippen LogP contribution < -0.4 is 4.74 Å². The van der Waals surface area contributed by atoms with Crippen LogP contribution in [-0.2, 0) is 25.8 Å².